The van der Waals surface area contributed by atoms with Crippen LogP contribution in [-0.2, 0) is 33.4 Å². The predicted octanol–water partition coefficient (Wildman–Crippen LogP) is 1.58. The highest BCUT2D eigenvalue weighted by Gasteiger charge is 2.68. The second-order valence-electron chi connectivity index (χ2n) is 9.02. The molecule has 30 heavy (non-hydrogen) atoms. The summed E-state index contributed by atoms with van der Waals surface area (Å²) in [6.45, 7) is 12.0. The van der Waals surface area contributed by atoms with Crippen molar-refractivity contribution in [3.05, 3.63) is 12.2 Å². The number of hydrogen-bond donors (Lipinski definition) is 1. The van der Waals surface area contributed by atoms with Crippen LogP contribution in [0.3, 0.4) is 0 Å². The first-order chi connectivity index (χ1) is 13.9. The zero-order valence-corrected chi connectivity index (χ0v) is 18.0. The Labute approximate surface area is 175 Å². The van der Waals surface area contributed by atoms with E-state index in [-0.39, 0.29) is 17.8 Å². The molecule has 1 N–H and O–H groups in total. The smallest absolute Gasteiger partial charge is 0.334 e. The first-order valence-corrected chi connectivity index (χ1v) is 10.4. The highest BCUT2D eigenvalue weighted by Crippen LogP contribution is 2.57. The van der Waals surface area contributed by atoms with Crippen molar-refractivity contribution in [2.45, 2.75) is 71.9 Å². The molecule has 1 saturated heterocycles. The van der Waals surface area contributed by atoms with Gasteiger partial charge in [-0.2, -0.15) is 0 Å². The lowest BCUT2D eigenvalue weighted by Crippen LogP contribution is -2.50. The second kappa shape index (κ2) is 7.80. The van der Waals surface area contributed by atoms with E-state index in [9.17, 15) is 24.3 Å². The average molecular weight is 422 g/mol. The topological polar surface area (TPSA) is 116 Å². The Morgan fingerprint density at radius 3 is 2.53 bits per heavy atom. The Bertz CT molecular complexity index is 788. The zero-order chi connectivity index (χ0) is 22.5. The Morgan fingerprint density at radius 2 is 1.97 bits per heavy atom. The molecule has 3 fully saturated rings. The van der Waals surface area contributed by atoms with Gasteiger partial charge in [0.05, 0.1) is 23.4 Å². The maximum Gasteiger partial charge on any atom is 0.334 e. The van der Waals surface area contributed by atoms with Gasteiger partial charge in [0.25, 0.3) is 0 Å². The third-order valence-corrected chi connectivity index (χ3v) is 7.25. The van der Waals surface area contributed by atoms with E-state index in [1.165, 1.54) is 6.92 Å². The van der Waals surface area contributed by atoms with Crippen LogP contribution in [0.1, 0.15) is 47.5 Å². The molecule has 3 rings (SSSR count). The molecule has 2 saturated carbocycles. The molecular formula is C22H30O8. The summed E-state index contributed by atoms with van der Waals surface area (Å²) < 4.78 is 16.9. The van der Waals surface area contributed by atoms with Crippen LogP contribution in [-0.4, -0.2) is 53.2 Å². The molecule has 0 radical (unpaired) electrons. The van der Waals surface area contributed by atoms with Gasteiger partial charge in [-0.15, -0.1) is 0 Å². The van der Waals surface area contributed by atoms with E-state index in [1.807, 2.05) is 6.92 Å². The van der Waals surface area contributed by atoms with E-state index in [0.29, 0.717) is 6.42 Å². The number of aliphatic hydroxyl groups is 1. The van der Waals surface area contributed by atoms with Gasteiger partial charge in [-0.25, -0.2) is 4.79 Å². The summed E-state index contributed by atoms with van der Waals surface area (Å²) in [5.41, 5.74) is -1.21. The number of ether oxygens (including phenoxy) is 3. The van der Waals surface area contributed by atoms with Crippen LogP contribution in [0.15, 0.2) is 12.2 Å². The van der Waals surface area contributed by atoms with Gasteiger partial charge in [0.2, 0.25) is 0 Å². The molecule has 8 heteroatoms. The normalized spacial score (nSPS) is 41.4. The monoisotopic (exact) mass is 422 g/mol. The van der Waals surface area contributed by atoms with Gasteiger partial charge < -0.3 is 19.3 Å². The fourth-order valence-corrected chi connectivity index (χ4v) is 5.45. The van der Waals surface area contributed by atoms with Crippen LogP contribution >= 0.6 is 0 Å². The van der Waals surface area contributed by atoms with Crippen LogP contribution in [0.25, 0.3) is 0 Å². The maximum atomic E-state index is 13.2. The summed E-state index contributed by atoms with van der Waals surface area (Å²) in [5.74, 6) is -4.46. The van der Waals surface area contributed by atoms with Crippen molar-refractivity contribution in [3.8, 4) is 0 Å². The van der Waals surface area contributed by atoms with Crippen LogP contribution in [0.2, 0.25) is 0 Å². The summed E-state index contributed by atoms with van der Waals surface area (Å²) >= 11 is 0. The first-order valence-electron chi connectivity index (χ1n) is 10.4. The average Bonchev–Trinajstić information content (AvgIpc) is 3.06. The van der Waals surface area contributed by atoms with E-state index in [1.54, 1.807) is 20.8 Å². The van der Waals surface area contributed by atoms with Gasteiger partial charge >= 0.3 is 17.9 Å². The van der Waals surface area contributed by atoms with E-state index in [0.717, 1.165) is 0 Å². The van der Waals surface area contributed by atoms with Gasteiger partial charge in [0.15, 0.2) is 0 Å². The molecule has 0 spiro atoms. The minimum absolute atomic E-state index is 0.0716. The van der Waals surface area contributed by atoms with Gasteiger partial charge in [0, 0.05) is 30.8 Å². The van der Waals surface area contributed by atoms with Gasteiger partial charge in [-0.3, -0.25) is 14.4 Å². The molecule has 9 atom stereocenters. The number of carbonyl (C=O) groups is 4. The van der Waals surface area contributed by atoms with E-state index in [2.05, 4.69) is 6.58 Å². The van der Waals surface area contributed by atoms with Crippen LogP contribution in [0, 0.1) is 29.1 Å². The lowest BCUT2D eigenvalue weighted by Gasteiger charge is -2.40. The minimum atomic E-state index is -1.28. The molecule has 0 amide bonds. The molecule has 8 nitrogen and oxygen atoms in total. The number of fused-ring (bicyclic) bond motifs is 2. The van der Waals surface area contributed by atoms with E-state index in [4.69, 9.17) is 14.2 Å². The summed E-state index contributed by atoms with van der Waals surface area (Å²) in [7, 11) is 0. The molecule has 2 aliphatic carbocycles. The molecular weight excluding hydrogens is 392 g/mol. The lowest BCUT2D eigenvalue weighted by molar-refractivity contribution is -0.172. The maximum absolute atomic E-state index is 13.2. The SMILES string of the molecule is C=C1C(=O)O[C@@H]2[C@H](OC(C)=O)[C@@H](C)[C@@H]3[C@H](O)CC(=O)[C@@]3(C)[C@@H](OC(=O)[C@H](C)CC)[C@H]12. The predicted molar refractivity (Wildman–Crippen MR) is 104 cm³/mol. The number of hydrogen-bond acceptors (Lipinski definition) is 8. The van der Waals surface area contributed by atoms with Crippen LogP contribution in [0.5, 0.6) is 0 Å². The number of esters is 3. The Balaban J connectivity index is 2.17. The molecule has 166 valence electrons. The van der Waals surface area contributed by atoms with Crippen LogP contribution < -0.4 is 0 Å². The third-order valence-electron chi connectivity index (χ3n) is 7.25. The minimum Gasteiger partial charge on any atom is -0.460 e. The summed E-state index contributed by atoms with van der Waals surface area (Å²) in [6.07, 6.45) is -3.49. The molecule has 0 bridgehead atoms. The Kier molecular flexibility index (Phi) is 5.84. The molecule has 0 unspecified atom stereocenters. The summed E-state index contributed by atoms with van der Waals surface area (Å²) in [4.78, 5) is 50.2. The number of rotatable bonds is 4. The van der Waals surface area contributed by atoms with E-state index < -0.39 is 71.4 Å². The van der Waals surface area contributed by atoms with Crippen molar-refractivity contribution < 1.29 is 38.5 Å². The van der Waals surface area contributed by atoms with Gasteiger partial charge in [0.1, 0.15) is 24.1 Å². The van der Waals surface area contributed by atoms with Crippen molar-refractivity contribution in [1.82, 2.24) is 0 Å². The van der Waals surface area contributed by atoms with Crippen molar-refractivity contribution in [2.75, 3.05) is 0 Å². The van der Waals surface area contributed by atoms with Gasteiger partial charge in [-0.05, 0) is 13.3 Å². The molecule has 0 aromatic rings. The van der Waals surface area contributed by atoms with Gasteiger partial charge in [-0.1, -0.05) is 27.4 Å². The molecule has 3 aliphatic rings. The Hall–Kier alpha value is -2.22. The molecule has 1 aliphatic heterocycles. The Morgan fingerprint density at radius 1 is 1.33 bits per heavy atom. The van der Waals surface area contributed by atoms with Crippen LogP contribution in [0.4, 0.5) is 0 Å². The number of carbonyl (C=O) groups excluding carboxylic acids is 4. The zero-order valence-electron chi connectivity index (χ0n) is 18.0. The van der Waals surface area contributed by atoms with Crippen molar-refractivity contribution in [3.63, 3.8) is 0 Å². The first kappa shape index (κ1) is 22.5. The fraction of sp³-hybridized carbons (Fsp3) is 0.727. The molecule has 1 heterocycles. The molecule has 0 aromatic carbocycles. The van der Waals surface area contributed by atoms with Crippen molar-refractivity contribution >= 4 is 23.7 Å². The summed E-state index contributed by atoms with van der Waals surface area (Å²) in [5, 5.41) is 10.8. The fourth-order valence-electron chi connectivity index (χ4n) is 5.45. The third kappa shape index (κ3) is 3.25. The lowest BCUT2D eigenvalue weighted by atomic mass is 9.67. The van der Waals surface area contributed by atoms with E-state index >= 15 is 0 Å². The summed E-state index contributed by atoms with van der Waals surface area (Å²) in [6, 6.07) is 0. The number of aliphatic hydroxyl groups excluding tert-OH is 1. The largest absolute Gasteiger partial charge is 0.460 e. The number of ketones is 1. The van der Waals surface area contributed by atoms with Crippen molar-refractivity contribution in [1.29, 1.82) is 0 Å². The second-order valence-corrected chi connectivity index (χ2v) is 9.02. The molecule has 0 aromatic heterocycles. The number of Topliss-reactive ketones (excluding diaryl/α,β-unsaturated/α-hetero) is 1. The quantitative estimate of drug-likeness (QED) is 0.412. The highest BCUT2D eigenvalue weighted by atomic mass is 16.6. The highest BCUT2D eigenvalue weighted by molar-refractivity contribution is 5.93. The van der Waals surface area contributed by atoms with Crippen molar-refractivity contribution in [2.24, 2.45) is 29.1 Å². The standard InChI is InChI=1S/C22H30O8/c1-7-9(2)20(26)30-19-15-10(3)21(27)29-18(15)17(28-12(5)23)11(4)16-13(24)8-14(25)22(16,19)6/h9,11,13,15-19,24H,3,7-8H2,1-2,4-6H3/t9-,11+,13-,15-,16-,17-,18+,19+,22-/m1/s1.